The number of piperazine rings is 1. The van der Waals surface area contributed by atoms with Crippen molar-refractivity contribution < 1.29 is 9.53 Å². The fourth-order valence-electron chi connectivity index (χ4n) is 3.83. The summed E-state index contributed by atoms with van der Waals surface area (Å²) in [5.41, 5.74) is 1.34. The maximum absolute atomic E-state index is 13.4. The Bertz CT molecular complexity index is 1170. The lowest BCUT2D eigenvalue weighted by molar-refractivity contribution is -0.145. The number of hydrogen-bond acceptors (Lipinski definition) is 6. The SMILES string of the molecule is CN1CCN(c2[nH]c3ccccc3c(=O)c2C(C#N)C(=O)OCc2ccccc2)CC1. The fraction of sp³-hybridized carbons (Fsp3) is 0.292. The Morgan fingerprint density at radius 3 is 2.48 bits per heavy atom. The summed E-state index contributed by atoms with van der Waals surface area (Å²) in [7, 11) is 2.04. The van der Waals surface area contributed by atoms with Crippen molar-refractivity contribution in [3.63, 3.8) is 0 Å². The highest BCUT2D eigenvalue weighted by Crippen LogP contribution is 2.28. The van der Waals surface area contributed by atoms with Crippen LogP contribution in [-0.4, -0.2) is 49.1 Å². The van der Waals surface area contributed by atoms with Crippen LogP contribution in [0.25, 0.3) is 10.9 Å². The quantitative estimate of drug-likeness (QED) is 0.643. The van der Waals surface area contributed by atoms with Gasteiger partial charge in [0.2, 0.25) is 0 Å². The van der Waals surface area contributed by atoms with Crippen molar-refractivity contribution >= 4 is 22.7 Å². The van der Waals surface area contributed by atoms with Crippen molar-refractivity contribution in [2.75, 3.05) is 38.1 Å². The van der Waals surface area contributed by atoms with E-state index in [2.05, 4.69) is 9.88 Å². The molecule has 0 spiro atoms. The van der Waals surface area contributed by atoms with E-state index in [-0.39, 0.29) is 17.6 Å². The number of hydrogen-bond donors (Lipinski definition) is 1. The molecule has 1 N–H and O–H groups in total. The first-order chi connectivity index (χ1) is 15.1. The Kier molecular flexibility index (Phi) is 6.01. The summed E-state index contributed by atoms with van der Waals surface area (Å²) in [6, 6.07) is 18.4. The van der Waals surface area contributed by atoms with Gasteiger partial charge in [0.1, 0.15) is 12.4 Å². The third kappa shape index (κ3) is 4.30. The second kappa shape index (κ2) is 9.02. The summed E-state index contributed by atoms with van der Waals surface area (Å²) in [5.74, 6) is -1.51. The summed E-state index contributed by atoms with van der Waals surface area (Å²) in [5, 5.41) is 10.3. The molecule has 0 amide bonds. The molecule has 2 heterocycles. The Hall–Kier alpha value is -3.63. The summed E-state index contributed by atoms with van der Waals surface area (Å²) >= 11 is 0. The van der Waals surface area contributed by atoms with Crippen LogP contribution in [0.15, 0.2) is 59.4 Å². The van der Waals surface area contributed by atoms with Crippen LogP contribution in [0.5, 0.6) is 0 Å². The lowest BCUT2D eigenvalue weighted by Crippen LogP contribution is -2.46. The van der Waals surface area contributed by atoms with E-state index in [1.807, 2.05) is 60.5 Å². The minimum absolute atomic E-state index is 0.0488. The van der Waals surface area contributed by atoms with Gasteiger partial charge in [0.15, 0.2) is 11.3 Å². The highest BCUT2D eigenvalue weighted by molar-refractivity contribution is 5.88. The Morgan fingerprint density at radius 2 is 1.77 bits per heavy atom. The summed E-state index contributed by atoms with van der Waals surface area (Å²) < 4.78 is 5.42. The number of nitrogens with one attached hydrogen (secondary N) is 1. The van der Waals surface area contributed by atoms with Gasteiger partial charge in [-0.2, -0.15) is 5.26 Å². The fourth-order valence-corrected chi connectivity index (χ4v) is 3.83. The molecule has 0 aliphatic carbocycles. The molecular formula is C24H24N4O3. The van der Waals surface area contributed by atoms with E-state index in [1.54, 1.807) is 12.1 Å². The number of benzene rings is 2. The van der Waals surface area contributed by atoms with Crippen molar-refractivity contribution in [3.8, 4) is 6.07 Å². The van der Waals surface area contributed by atoms with Crippen molar-refractivity contribution in [2.24, 2.45) is 0 Å². The number of aromatic nitrogens is 1. The zero-order valence-corrected chi connectivity index (χ0v) is 17.4. The molecule has 2 aromatic carbocycles. The number of rotatable bonds is 5. The predicted octanol–water partition coefficient (Wildman–Crippen LogP) is 2.63. The number of aromatic amines is 1. The molecule has 1 aromatic heterocycles. The summed E-state index contributed by atoms with van der Waals surface area (Å²) in [4.78, 5) is 33.9. The van der Waals surface area contributed by atoms with E-state index in [0.29, 0.717) is 29.8 Å². The first kappa shape index (κ1) is 20.6. The Morgan fingerprint density at radius 1 is 1.10 bits per heavy atom. The average Bonchev–Trinajstić information content (AvgIpc) is 2.80. The number of nitriles is 1. The molecule has 1 atom stereocenters. The highest BCUT2D eigenvalue weighted by atomic mass is 16.5. The molecule has 0 bridgehead atoms. The topological polar surface area (TPSA) is 89.4 Å². The van der Waals surface area contributed by atoms with Crippen LogP contribution in [0.3, 0.4) is 0 Å². The number of esters is 1. The third-order valence-electron chi connectivity index (χ3n) is 5.62. The molecule has 0 saturated carbocycles. The molecule has 1 saturated heterocycles. The maximum atomic E-state index is 13.4. The number of carbonyl (C=O) groups is 1. The van der Waals surface area contributed by atoms with E-state index in [1.165, 1.54) is 0 Å². The van der Waals surface area contributed by atoms with Gasteiger partial charge in [0.05, 0.1) is 17.1 Å². The van der Waals surface area contributed by atoms with Crippen LogP contribution in [0, 0.1) is 11.3 Å². The van der Waals surface area contributed by atoms with Crippen molar-refractivity contribution in [1.82, 2.24) is 9.88 Å². The second-order valence-corrected chi connectivity index (χ2v) is 7.71. The zero-order chi connectivity index (χ0) is 21.8. The minimum Gasteiger partial charge on any atom is -0.460 e. The van der Waals surface area contributed by atoms with E-state index < -0.39 is 11.9 Å². The molecule has 1 aliphatic rings. The normalized spacial score (nSPS) is 15.4. The maximum Gasteiger partial charge on any atom is 0.328 e. The monoisotopic (exact) mass is 416 g/mol. The van der Waals surface area contributed by atoms with Crippen LogP contribution in [-0.2, 0) is 16.1 Å². The van der Waals surface area contributed by atoms with Crippen LogP contribution in [0.1, 0.15) is 17.0 Å². The molecule has 1 aliphatic heterocycles. The first-order valence-corrected chi connectivity index (χ1v) is 10.3. The average molecular weight is 416 g/mol. The lowest BCUT2D eigenvalue weighted by Gasteiger charge is -2.35. The van der Waals surface area contributed by atoms with E-state index >= 15 is 0 Å². The number of para-hydroxylation sites is 1. The largest absolute Gasteiger partial charge is 0.460 e. The van der Waals surface area contributed by atoms with Crippen LogP contribution < -0.4 is 10.3 Å². The standard InChI is InChI=1S/C24H24N4O3/c1-27-11-13-28(14-12-27)23-21(22(29)18-9-5-6-10-20(18)26-23)19(15-25)24(30)31-16-17-7-3-2-4-8-17/h2-10,19H,11-14,16H2,1H3,(H,26,29). The Balaban J connectivity index is 1.73. The van der Waals surface area contributed by atoms with Gasteiger partial charge in [-0.05, 0) is 24.7 Å². The zero-order valence-electron chi connectivity index (χ0n) is 17.4. The minimum atomic E-state index is -1.31. The van der Waals surface area contributed by atoms with Gasteiger partial charge in [-0.1, -0.05) is 42.5 Å². The number of fused-ring (bicyclic) bond motifs is 1. The number of pyridine rings is 1. The molecule has 7 nitrogen and oxygen atoms in total. The van der Waals surface area contributed by atoms with Gasteiger partial charge >= 0.3 is 5.97 Å². The molecule has 0 radical (unpaired) electrons. The number of ether oxygens (including phenoxy) is 1. The van der Waals surface area contributed by atoms with Gasteiger partial charge < -0.3 is 19.5 Å². The number of anilines is 1. The van der Waals surface area contributed by atoms with Gasteiger partial charge in [-0.3, -0.25) is 9.59 Å². The van der Waals surface area contributed by atoms with Crippen molar-refractivity contribution in [2.45, 2.75) is 12.5 Å². The van der Waals surface area contributed by atoms with Crippen LogP contribution >= 0.6 is 0 Å². The second-order valence-electron chi connectivity index (χ2n) is 7.71. The first-order valence-electron chi connectivity index (χ1n) is 10.3. The van der Waals surface area contributed by atoms with Gasteiger partial charge in [0.25, 0.3) is 0 Å². The molecule has 1 fully saturated rings. The molecule has 1 unspecified atom stereocenters. The predicted molar refractivity (Wildman–Crippen MR) is 119 cm³/mol. The van der Waals surface area contributed by atoms with Crippen molar-refractivity contribution in [3.05, 3.63) is 75.9 Å². The molecule has 4 rings (SSSR count). The molecular weight excluding hydrogens is 392 g/mol. The third-order valence-corrected chi connectivity index (χ3v) is 5.62. The van der Waals surface area contributed by atoms with Crippen LogP contribution in [0.4, 0.5) is 5.82 Å². The highest BCUT2D eigenvalue weighted by Gasteiger charge is 2.31. The van der Waals surface area contributed by atoms with Gasteiger partial charge in [-0.25, -0.2) is 0 Å². The number of H-pyrrole nitrogens is 1. The number of carbonyl (C=O) groups excluding carboxylic acids is 1. The number of nitrogens with zero attached hydrogens (tertiary/aromatic N) is 3. The van der Waals surface area contributed by atoms with Gasteiger partial charge in [0, 0.05) is 31.6 Å². The summed E-state index contributed by atoms with van der Waals surface area (Å²) in [6.45, 7) is 3.07. The lowest BCUT2D eigenvalue weighted by atomic mass is 9.97. The molecule has 31 heavy (non-hydrogen) atoms. The van der Waals surface area contributed by atoms with Crippen LogP contribution in [0.2, 0.25) is 0 Å². The van der Waals surface area contributed by atoms with Crippen molar-refractivity contribution in [1.29, 1.82) is 5.26 Å². The van der Waals surface area contributed by atoms with E-state index in [0.717, 1.165) is 18.7 Å². The van der Waals surface area contributed by atoms with Gasteiger partial charge in [-0.15, -0.1) is 0 Å². The molecule has 3 aromatic rings. The molecule has 158 valence electrons. The van der Waals surface area contributed by atoms with E-state index in [4.69, 9.17) is 4.74 Å². The molecule has 7 heteroatoms. The van der Waals surface area contributed by atoms with E-state index in [9.17, 15) is 14.9 Å². The Labute approximate surface area is 180 Å². The smallest absolute Gasteiger partial charge is 0.328 e. The summed E-state index contributed by atoms with van der Waals surface area (Å²) in [6.07, 6.45) is 0. The number of likely N-dealkylation sites (N-methyl/N-ethyl adjacent to an activating group) is 1.